The van der Waals surface area contributed by atoms with E-state index in [4.69, 9.17) is 14.2 Å². The van der Waals surface area contributed by atoms with Crippen molar-refractivity contribution in [2.75, 3.05) is 30.1 Å². The van der Waals surface area contributed by atoms with Gasteiger partial charge in [-0.2, -0.15) is 0 Å². The fourth-order valence-electron chi connectivity index (χ4n) is 3.15. The van der Waals surface area contributed by atoms with E-state index in [0.717, 1.165) is 31.7 Å². The predicted octanol–water partition coefficient (Wildman–Crippen LogP) is 2.60. The molecule has 3 heterocycles. The van der Waals surface area contributed by atoms with Crippen molar-refractivity contribution in [3.63, 3.8) is 0 Å². The van der Waals surface area contributed by atoms with Crippen molar-refractivity contribution < 1.29 is 19.0 Å². The van der Waals surface area contributed by atoms with Crippen molar-refractivity contribution in [2.45, 2.75) is 32.3 Å². The van der Waals surface area contributed by atoms with Gasteiger partial charge in [0.2, 0.25) is 6.79 Å². The molecule has 2 aliphatic rings. The first kappa shape index (κ1) is 17.4. The van der Waals surface area contributed by atoms with Crippen LogP contribution >= 0.6 is 0 Å². The van der Waals surface area contributed by atoms with Crippen molar-refractivity contribution >= 4 is 17.5 Å². The highest BCUT2D eigenvalue weighted by Crippen LogP contribution is 2.35. The number of piperidine rings is 1. The molecule has 1 atom stereocenters. The van der Waals surface area contributed by atoms with Crippen molar-refractivity contribution in [1.29, 1.82) is 0 Å². The lowest BCUT2D eigenvalue weighted by Gasteiger charge is -2.27. The van der Waals surface area contributed by atoms with Crippen molar-refractivity contribution in [1.82, 2.24) is 9.97 Å². The van der Waals surface area contributed by atoms with Gasteiger partial charge >= 0.3 is 0 Å². The molecule has 8 heteroatoms. The molecule has 27 heavy (non-hydrogen) atoms. The second-order valence-electron chi connectivity index (χ2n) is 6.57. The molecule has 1 fully saturated rings. The molecule has 1 unspecified atom stereocenters. The average molecular weight is 370 g/mol. The van der Waals surface area contributed by atoms with Gasteiger partial charge in [-0.3, -0.25) is 4.79 Å². The van der Waals surface area contributed by atoms with Crippen LogP contribution in [0.4, 0.5) is 11.6 Å². The molecule has 1 saturated heterocycles. The summed E-state index contributed by atoms with van der Waals surface area (Å²) in [5.74, 6) is 2.85. The van der Waals surface area contributed by atoms with E-state index in [9.17, 15) is 4.79 Å². The highest BCUT2D eigenvalue weighted by Gasteiger charge is 2.19. The van der Waals surface area contributed by atoms with Crippen LogP contribution < -0.4 is 24.4 Å². The molecule has 0 spiro atoms. The fourth-order valence-corrected chi connectivity index (χ4v) is 3.15. The smallest absolute Gasteiger partial charge is 0.266 e. The molecular formula is C19H22N4O4. The second-order valence-corrected chi connectivity index (χ2v) is 6.57. The number of nitrogens with zero attached hydrogens (tertiary/aromatic N) is 3. The van der Waals surface area contributed by atoms with Crippen LogP contribution in [-0.4, -0.2) is 41.9 Å². The molecular weight excluding hydrogens is 348 g/mol. The molecule has 0 aliphatic carbocycles. The van der Waals surface area contributed by atoms with Crippen LogP contribution in [0, 0.1) is 0 Å². The zero-order valence-corrected chi connectivity index (χ0v) is 15.2. The van der Waals surface area contributed by atoms with E-state index < -0.39 is 6.10 Å². The first-order chi connectivity index (χ1) is 13.2. The lowest BCUT2D eigenvalue weighted by atomic mass is 10.1. The number of hydrogen-bond acceptors (Lipinski definition) is 7. The molecule has 1 N–H and O–H groups in total. The van der Waals surface area contributed by atoms with Crippen LogP contribution in [-0.2, 0) is 4.79 Å². The molecule has 2 aromatic rings. The topological polar surface area (TPSA) is 85.8 Å². The average Bonchev–Trinajstić information content (AvgIpc) is 3.16. The molecule has 4 rings (SSSR count). The van der Waals surface area contributed by atoms with Gasteiger partial charge < -0.3 is 24.4 Å². The zero-order valence-electron chi connectivity index (χ0n) is 15.2. The third kappa shape index (κ3) is 4.05. The minimum atomic E-state index is -0.696. The van der Waals surface area contributed by atoms with Gasteiger partial charge in [0.1, 0.15) is 23.7 Å². The lowest BCUT2D eigenvalue weighted by Crippen LogP contribution is -2.32. The minimum absolute atomic E-state index is 0.196. The van der Waals surface area contributed by atoms with Crippen LogP contribution in [0.5, 0.6) is 17.2 Å². The Morgan fingerprint density at radius 1 is 1.15 bits per heavy atom. The maximum Gasteiger partial charge on any atom is 0.266 e. The van der Waals surface area contributed by atoms with Crippen molar-refractivity contribution in [3.05, 3.63) is 30.6 Å². The van der Waals surface area contributed by atoms with E-state index in [1.54, 1.807) is 31.2 Å². The number of hydrogen-bond donors (Lipinski definition) is 1. The maximum atomic E-state index is 12.5. The Balaban J connectivity index is 1.38. The Labute approximate surface area is 157 Å². The number of nitrogens with one attached hydrogen (secondary N) is 1. The van der Waals surface area contributed by atoms with E-state index in [-0.39, 0.29) is 12.7 Å². The number of rotatable bonds is 5. The summed E-state index contributed by atoms with van der Waals surface area (Å²) in [4.78, 5) is 23.2. The SMILES string of the molecule is CC(Oc1ccc2c(c1)OCO2)C(=O)Nc1cc(N2CCCCC2)ncn1. The van der Waals surface area contributed by atoms with Gasteiger partial charge in [0.05, 0.1) is 0 Å². The standard InChI is InChI=1S/C19H22N4O4/c1-13(27-14-5-6-15-16(9-14)26-12-25-15)19(24)22-17-10-18(21-11-20-17)23-7-3-2-4-8-23/h5-6,9-11,13H,2-4,7-8,12H2,1H3,(H,20,21,22,24). The van der Waals surface area contributed by atoms with Crippen molar-refractivity contribution in [3.8, 4) is 17.2 Å². The Hall–Kier alpha value is -3.03. The fraction of sp³-hybridized carbons (Fsp3) is 0.421. The summed E-state index contributed by atoms with van der Waals surface area (Å²) in [6.45, 7) is 3.84. The number of benzene rings is 1. The second kappa shape index (κ2) is 7.69. The third-order valence-corrected chi connectivity index (χ3v) is 4.61. The number of carbonyl (C=O) groups excluding carboxylic acids is 1. The Morgan fingerprint density at radius 2 is 1.96 bits per heavy atom. The minimum Gasteiger partial charge on any atom is -0.481 e. The summed E-state index contributed by atoms with van der Waals surface area (Å²) in [6.07, 6.45) is 4.35. The summed E-state index contributed by atoms with van der Waals surface area (Å²) in [5, 5.41) is 2.80. The molecule has 1 aromatic heterocycles. The first-order valence-electron chi connectivity index (χ1n) is 9.13. The molecule has 142 valence electrons. The highest BCUT2D eigenvalue weighted by molar-refractivity contribution is 5.93. The Kier molecular flexibility index (Phi) is 4.95. The zero-order chi connectivity index (χ0) is 18.6. The summed E-state index contributed by atoms with van der Waals surface area (Å²) in [6, 6.07) is 7.02. The normalized spacial score (nSPS) is 16.7. The number of fused-ring (bicyclic) bond motifs is 1. The number of ether oxygens (including phenoxy) is 3. The van der Waals surface area contributed by atoms with Crippen molar-refractivity contribution in [2.24, 2.45) is 0 Å². The number of carbonyl (C=O) groups is 1. The molecule has 1 amide bonds. The maximum absolute atomic E-state index is 12.5. The molecule has 1 aromatic carbocycles. The van der Waals surface area contributed by atoms with Crippen LogP contribution in [0.2, 0.25) is 0 Å². The van der Waals surface area contributed by atoms with E-state index in [2.05, 4.69) is 20.2 Å². The van der Waals surface area contributed by atoms with Crippen LogP contribution in [0.1, 0.15) is 26.2 Å². The van der Waals surface area contributed by atoms with E-state index in [1.165, 1.54) is 12.7 Å². The summed E-state index contributed by atoms with van der Waals surface area (Å²) < 4.78 is 16.3. The molecule has 2 aliphatic heterocycles. The van der Waals surface area contributed by atoms with E-state index >= 15 is 0 Å². The Morgan fingerprint density at radius 3 is 2.81 bits per heavy atom. The third-order valence-electron chi connectivity index (χ3n) is 4.61. The molecule has 0 radical (unpaired) electrons. The van der Waals surface area contributed by atoms with Gasteiger partial charge in [0.25, 0.3) is 5.91 Å². The van der Waals surface area contributed by atoms with E-state index in [0.29, 0.717) is 23.1 Å². The monoisotopic (exact) mass is 370 g/mol. The van der Waals surface area contributed by atoms with Gasteiger partial charge in [-0.05, 0) is 38.3 Å². The molecule has 0 saturated carbocycles. The summed E-state index contributed by atoms with van der Waals surface area (Å²) in [7, 11) is 0. The van der Waals surface area contributed by atoms with Gasteiger partial charge in [0, 0.05) is 25.2 Å². The first-order valence-corrected chi connectivity index (χ1v) is 9.13. The van der Waals surface area contributed by atoms with Gasteiger partial charge in [0.15, 0.2) is 17.6 Å². The molecule has 8 nitrogen and oxygen atoms in total. The lowest BCUT2D eigenvalue weighted by molar-refractivity contribution is -0.122. The number of amides is 1. The number of aromatic nitrogens is 2. The van der Waals surface area contributed by atoms with Gasteiger partial charge in [-0.25, -0.2) is 9.97 Å². The predicted molar refractivity (Wildman–Crippen MR) is 99.4 cm³/mol. The van der Waals surface area contributed by atoms with Crippen LogP contribution in [0.15, 0.2) is 30.6 Å². The van der Waals surface area contributed by atoms with Crippen LogP contribution in [0.25, 0.3) is 0 Å². The molecule has 0 bridgehead atoms. The quantitative estimate of drug-likeness (QED) is 0.866. The van der Waals surface area contributed by atoms with Gasteiger partial charge in [-0.1, -0.05) is 0 Å². The summed E-state index contributed by atoms with van der Waals surface area (Å²) in [5.41, 5.74) is 0. The van der Waals surface area contributed by atoms with E-state index in [1.807, 2.05) is 0 Å². The number of anilines is 2. The largest absolute Gasteiger partial charge is 0.481 e. The summed E-state index contributed by atoms with van der Waals surface area (Å²) >= 11 is 0. The van der Waals surface area contributed by atoms with Crippen LogP contribution in [0.3, 0.4) is 0 Å². The Bertz CT molecular complexity index is 823. The van der Waals surface area contributed by atoms with Gasteiger partial charge in [-0.15, -0.1) is 0 Å². The highest BCUT2D eigenvalue weighted by atomic mass is 16.7.